The molecule has 0 radical (unpaired) electrons. The highest BCUT2D eigenvalue weighted by Crippen LogP contribution is 2.57. The Bertz CT molecular complexity index is 1350. The Morgan fingerprint density at radius 2 is 1.95 bits per heavy atom. The van der Waals surface area contributed by atoms with Crippen LogP contribution in [0.3, 0.4) is 0 Å². The topological polar surface area (TPSA) is 118 Å². The zero-order valence-electron chi connectivity index (χ0n) is 19.5. The van der Waals surface area contributed by atoms with Crippen LogP contribution in [0.4, 0.5) is 14.5 Å². The largest absolute Gasteiger partial charge is 0.339 e. The van der Waals surface area contributed by atoms with Crippen molar-refractivity contribution in [1.29, 1.82) is 0 Å². The number of rotatable bonds is 8. The summed E-state index contributed by atoms with van der Waals surface area (Å²) in [7, 11) is 0. The molecule has 1 aromatic carbocycles. The van der Waals surface area contributed by atoms with E-state index in [0.29, 0.717) is 51.2 Å². The molecular formula is C24H22Cl2F2N4O4S. The van der Waals surface area contributed by atoms with E-state index in [1.54, 1.807) is 31.2 Å². The smallest absolute Gasteiger partial charge is 0.249 e. The average Bonchev–Trinajstić information content (AvgIpc) is 3.43. The minimum absolute atomic E-state index is 0.0242. The molecule has 2 N–H and O–H groups in total. The third-order valence-electron chi connectivity index (χ3n) is 6.82. The van der Waals surface area contributed by atoms with Crippen molar-refractivity contribution in [1.82, 2.24) is 15.1 Å². The van der Waals surface area contributed by atoms with Crippen LogP contribution in [0.25, 0.3) is 0 Å². The third kappa shape index (κ3) is 5.27. The van der Waals surface area contributed by atoms with Crippen molar-refractivity contribution in [3.63, 3.8) is 0 Å². The molecule has 0 saturated heterocycles. The van der Waals surface area contributed by atoms with E-state index in [4.69, 9.17) is 27.7 Å². The maximum absolute atomic E-state index is 13.2. The van der Waals surface area contributed by atoms with Crippen LogP contribution >= 0.6 is 23.2 Å². The molecule has 5 rings (SSSR count). The van der Waals surface area contributed by atoms with Gasteiger partial charge in [0.15, 0.2) is 16.9 Å². The second-order valence-electron chi connectivity index (χ2n) is 9.54. The first kappa shape index (κ1) is 26.1. The summed E-state index contributed by atoms with van der Waals surface area (Å²) in [5, 5.41) is 6.84. The molecule has 2 aliphatic rings. The van der Waals surface area contributed by atoms with Gasteiger partial charge in [-0.3, -0.25) is 9.78 Å². The molecule has 2 fully saturated rings. The number of benzene rings is 1. The van der Waals surface area contributed by atoms with Gasteiger partial charge in [-0.15, -0.1) is 0 Å². The molecule has 0 aliphatic heterocycles. The van der Waals surface area contributed by atoms with Crippen molar-refractivity contribution in [2.24, 2.45) is 0 Å². The summed E-state index contributed by atoms with van der Waals surface area (Å²) >= 11 is 11.2. The summed E-state index contributed by atoms with van der Waals surface area (Å²) in [6.07, 6.45) is 2.17. The highest BCUT2D eigenvalue weighted by atomic mass is 35.5. The molecule has 13 heteroatoms. The molecule has 1 amide bonds. The zero-order valence-corrected chi connectivity index (χ0v) is 21.8. The number of nitrogens with one attached hydrogen (secondary N) is 1. The molecule has 2 saturated carbocycles. The maximum Gasteiger partial charge on any atom is 0.249 e. The van der Waals surface area contributed by atoms with Crippen LogP contribution in [0.2, 0.25) is 10.0 Å². The minimum Gasteiger partial charge on any atom is -0.339 e. The predicted molar refractivity (Wildman–Crippen MR) is 133 cm³/mol. The molecule has 2 unspecified atom stereocenters. The molecule has 2 aliphatic carbocycles. The Balaban J connectivity index is 1.28. The fraction of sp³-hybridized carbons (Fsp3) is 0.417. The molecule has 3 aromatic rings. The normalized spacial score (nSPS) is 19.6. The van der Waals surface area contributed by atoms with Gasteiger partial charge in [-0.25, -0.2) is 13.0 Å². The lowest BCUT2D eigenvalue weighted by molar-refractivity contribution is -0.115. The van der Waals surface area contributed by atoms with Crippen molar-refractivity contribution in [3.8, 4) is 0 Å². The van der Waals surface area contributed by atoms with Crippen LogP contribution in [-0.4, -0.2) is 35.7 Å². The Kier molecular flexibility index (Phi) is 6.84. The number of anilines is 1. The first-order valence-corrected chi connectivity index (χ1v) is 13.5. The van der Waals surface area contributed by atoms with Gasteiger partial charge in [0.1, 0.15) is 0 Å². The van der Waals surface area contributed by atoms with Crippen molar-refractivity contribution < 1.29 is 26.9 Å². The predicted octanol–water partition coefficient (Wildman–Crippen LogP) is 5.83. The number of nitrogens with zero attached hydrogens (tertiary/aromatic N) is 3. The van der Waals surface area contributed by atoms with Gasteiger partial charge in [-0.2, -0.15) is 4.98 Å². The van der Waals surface area contributed by atoms with E-state index in [9.17, 15) is 22.3 Å². The Morgan fingerprint density at radius 1 is 1.27 bits per heavy atom. The number of halogens is 4. The summed E-state index contributed by atoms with van der Waals surface area (Å²) in [5.41, 5.74) is 1.41. The molecule has 8 nitrogen and oxygen atoms in total. The van der Waals surface area contributed by atoms with E-state index in [1.807, 2.05) is 0 Å². The second kappa shape index (κ2) is 9.68. The van der Waals surface area contributed by atoms with Gasteiger partial charge in [0.25, 0.3) is 0 Å². The summed E-state index contributed by atoms with van der Waals surface area (Å²) in [6, 6.07) is 6.46. The van der Waals surface area contributed by atoms with Gasteiger partial charge >= 0.3 is 0 Å². The molecule has 0 spiro atoms. The lowest BCUT2D eigenvalue weighted by Gasteiger charge is -2.32. The fourth-order valence-corrected chi connectivity index (χ4v) is 5.73. The van der Waals surface area contributed by atoms with Crippen molar-refractivity contribution in [2.45, 2.75) is 61.5 Å². The van der Waals surface area contributed by atoms with E-state index < -0.39 is 33.6 Å². The van der Waals surface area contributed by atoms with Crippen LogP contribution in [0.5, 0.6) is 0 Å². The fourth-order valence-electron chi connectivity index (χ4n) is 4.51. The third-order valence-corrected chi connectivity index (χ3v) is 8.30. The van der Waals surface area contributed by atoms with E-state index in [0.717, 1.165) is 0 Å². The van der Waals surface area contributed by atoms with Gasteiger partial charge < -0.3 is 14.4 Å². The Hall–Kier alpha value is -2.47. The monoisotopic (exact) mass is 570 g/mol. The van der Waals surface area contributed by atoms with E-state index in [-0.39, 0.29) is 31.1 Å². The number of carbonyl (C=O) groups excluding carboxylic acids is 1. The molecule has 2 aromatic heterocycles. The minimum atomic E-state index is -2.69. The summed E-state index contributed by atoms with van der Waals surface area (Å²) in [4.78, 5) is 21.2. The second-order valence-corrected chi connectivity index (χ2v) is 11.6. The summed E-state index contributed by atoms with van der Waals surface area (Å²) in [6.45, 7) is 1.61. The number of hydrogen-bond donors (Lipinski definition) is 2. The van der Waals surface area contributed by atoms with Crippen LogP contribution in [0.15, 0.2) is 35.0 Å². The van der Waals surface area contributed by atoms with Gasteiger partial charge in [-0.05, 0) is 43.5 Å². The number of carbonyl (C=O) groups is 1. The van der Waals surface area contributed by atoms with Crippen molar-refractivity contribution >= 4 is 45.9 Å². The SMILES string of the molecule is CC(c1ccc(CC(=O)Nc2cc(Cl)c(C3(c4noc(C5CC(F)(F)C5)n4)CC3)c(Cl)c2)nc1)S(=O)O. The van der Waals surface area contributed by atoms with Gasteiger partial charge in [0.2, 0.25) is 17.7 Å². The number of pyridine rings is 1. The quantitative estimate of drug-likeness (QED) is 0.327. The first-order valence-electron chi connectivity index (χ1n) is 11.5. The van der Waals surface area contributed by atoms with Gasteiger partial charge in [0.05, 0.1) is 17.1 Å². The van der Waals surface area contributed by atoms with E-state index >= 15 is 0 Å². The molecule has 196 valence electrons. The Labute approximate surface area is 223 Å². The lowest BCUT2D eigenvalue weighted by Crippen LogP contribution is -2.33. The average molecular weight is 571 g/mol. The zero-order chi connectivity index (χ0) is 26.5. The van der Waals surface area contributed by atoms with Gasteiger partial charge in [-0.1, -0.05) is 34.4 Å². The van der Waals surface area contributed by atoms with Crippen LogP contribution in [0.1, 0.15) is 72.3 Å². The molecule has 37 heavy (non-hydrogen) atoms. The molecule has 0 bridgehead atoms. The number of amides is 1. The van der Waals surface area contributed by atoms with Crippen LogP contribution in [-0.2, 0) is 27.7 Å². The molecule has 2 heterocycles. The number of alkyl halides is 2. The van der Waals surface area contributed by atoms with Crippen molar-refractivity contribution in [2.75, 3.05) is 5.32 Å². The number of aromatic nitrogens is 3. The molecular weight excluding hydrogens is 549 g/mol. The standard InChI is InChI=1S/C24H22Cl2F2N4O4S/c1-12(37(34)35)13-2-3-15(29-11-13)8-19(33)30-16-6-17(25)20(18(26)7-16)23(4-5-23)22-31-21(36-32-22)14-9-24(27,28)10-14/h2-3,6-7,11-12,14H,4-5,8-10H2,1H3,(H,30,33)(H,34,35). The summed E-state index contributed by atoms with van der Waals surface area (Å²) in [5.74, 6) is -2.93. The van der Waals surface area contributed by atoms with Crippen LogP contribution in [0, 0.1) is 0 Å². The molecule has 2 atom stereocenters. The summed E-state index contributed by atoms with van der Waals surface area (Å²) < 4.78 is 52.2. The first-order chi connectivity index (χ1) is 17.5. The highest BCUT2D eigenvalue weighted by molar-refractivity contribution is 7.79. The number of hydrogen-bond acceptors (Lipinski definition) is 6. The lowest BCUT2D eigenvalue weighted by atomic mass is 9.81. The Morgan fingerprint density at radius 3 is 2.49 bits per heavy atom. The highest BCUT2D eigenvalue weighted by Gasteiger charge is 2.54. The van der Waals surface area contributed by atoms with E-state index in [1.165, 1.54) is 6.20 Å². The van der Waals surface area contributed by atoms with Crippen LogP contribution < -0.4 is 5.32 Å². The maximum atomic E-state index is 13.2. The van der Waals surface area contributed by atoms with Gasteiger partial charge in [0, 0.05) is 51.9 Å². The van der Waals surface area contributed by atoms with E-state index in [2.05, 4.69) is 20.4 Å². The van der Waals surface area contributed by atoms with Crippen molar-refractivity contribution in [3.05, 3.63) is 69.0 Å².